The van der Waals surface area contributed by atoms with Gasteiger partial charge in [-0.15, -0.1) is 16.8 Å². The van der Waals surface area contributed by atoms with E-state index in [1.165, 1.54) is 11.8 Å². The van der Waals surface area contributed by atoms with Gasteiger partial charge in [-0.3, -0.25) is 19.5 Å². The standard InChI is InChI=1S/C21H20N4O3S/c1-3-13-25-19(15-9-11-17(28-2)12-10-15)23-24-21(25)29-14-18(26)22-20(27)16-7-5-4-6-8-16/h3-12H,1,13-14H2,2H3,(H,22,26,27). The quantitative estimate of drug-likeness (QED) is 0.455. The highest BCUT2D eigenvalue weighted by Crippen LogP contribution is 2.25. The number of aromatic nitrogens is 3. The lowest BCUT2D eigenvalue weighted by molar-refractivity contribution is -0.117. The maximum atomic E-state index is 12.2. The van der Waals surface area contributed by atoms with E-state index >= 15 is 0 Å². The Labute approximate surface area is 172 Å². The van der Waals surface area contributed by atoms with Crippen LogP contribution < -0.4 is 10.1 Å². The van der Waals surface area contributed by atoms with Crippen LogP contribution in [0.1, 0.15) is 10.4 Å². The monoisotopic (exact) mass is 408 g/mol. The number of rotatable bonds is 8. The molecule has 1 N–H and O–H groups in total. The molecule has 29 heavy (non-hydrogen) atoms. The van der Waals surface area contributed by atoms with E-state index in [2.05, 4.69) is 22.1 Å². The van der Waals surface area contributed by atoms with Gasteiger partial charge < -0.3 is 4.74 Å². The van der Waals surface area contributed by atoms with E-state index in [9.17, 15) is 9.59 Å². The number of benzene rings is 2. The maximum Gasteiger partial charge on any atom is 0.257 e. The molecule has 2 aromatic carbocycles. The number of thioether (sulfide) groups is 1. The number of hydrogen-bond acceptors (Lipinski definition) is 6. The molecule has 1 aromatic heterocycles. The zero-order valence-electron chi connectivity index (χ0n) is 15.9. The van der Waals surface area contributed by atoms with Crippen LogP contribution in [0, 0.1) is 0 Å². The van der Waals surface area contributed by atoms with Crippen LogP contribution >= 0.6 is 11.8 Å². The molecule has 0 bridgehead atoms. The molecular formula is C21H20N4O3S. The van der Waals surface area contributed by atoms with Gasteiger partial charge in [-0.2, -0.15) is 0 Å². The summed E-state index contributed by atoms with van der Waals surface area (Å²) < 4.78 is 7.05. The number of nitrogens with zero attached hydrogens (tertiary/aromatic N) is 3. The average Bonchev–Trinajstić information content (AvgIpc) is 3.15. The lowest BCUT2D eigenvalue weighted by Gasteiger charge is -2.08. The van der Waals surface area contributed by atoms with Crippen molar-refractivity contribution in [3.63, 3.8) is 0 Å². The van der Waals surface area contributed by atoms with E-state index < -0.39 is 11.8 Å². The van der Waals surface area contributed by atoms with Crippen LogP contribution in [0.4, 0.5) is 0 Å². The Morgan fingerprint density at radius 1 is 1.14 bits per heavy atom. The van der Waals surface area contributed by atoms with E-state index in [-0.39, 0.29) is 5.75 Å². The molecule has 0 aliphatic carbocycles. The molecule has 0 saturated carbocycles. The van der Waals surface area contributed by atoms with Gasteiger partial charge in [-0.25, -0.2) is 0 Å². The van der Waals surface area contributed by atoms with Crippen molar-refractivity contribution in [3.05, 3.63) is 72.8 Å². The predicted octanol–water partition coefficient (Wildman–Crippen LogP) is 3.19. The van der Waals surface area contributed by atoms with E-state index in [0.29, 0.717) is 23.1 Å². The predicted molar refractivity (Wildman–Crippen MR) is 112 cm³/mol. The first-order valence-electron chi connectivity index (χ1n) is 8.83. The summed E-state index contributed by atoms with van der Waals surface area (Å²) >= 11 is 1.21. The number of nitrogens with one attached hydrogen (secondary N) is 1. The molecule has 0 unspecified atom stereocenters. The van der Waals surface area contributed by atoms with Crippen molar-refractivity contribution in [3.8, 4) is 17.1 Å². The summed E-state index contributed by atoms with van der Waals surface area (Å²) in [6.45, 7) is 4.26. The van der Waals surface area contributed by atoms with Crippen LogP contribution in [0.25, 0.3) is 11.4 Å². The molecule has 0 fully saturated rings. The molecule has 0 saturated heterocycles. The Bertz CT molecular complexity index is 1000. The topological polar surface area (TPSA) is 86.1 Å². The number of carbonyl (C=O) groups excluding carboxylic acids is 2. The van der Waals surface area contributed by atoms with E-state index in [1.54, 1.807) is 43.5 Å². The minimum absolute atomic E-state index is 0.0382. The zero-order valence-corrected chi connectivity index (χ0v) is 16.7. The van der Waals surface area contributed by atoms with E-state index in [1.807, 2.05) is 28.8 Å². The van der Waals surface area contributed by atoms with Gasteiger partial charge in [-0.1, -0.05) is 36.0 Å². The van der Waals surface area contributed by atoms with Crippen molar-refractivity contribution >= 4 is 23.6 Å². The third-order valence-electron chi connectivity index (χ3n) is 4.00. The number of allylic oxidation sites excluding steroid dienone is 1. The van der Waals surface area contributed by atoms with Crippen LogP contribution in [-0.2, 0) is 11.3 Å². The van der Waals surface area contributed by atoms with Crippen molar-refractivity contribution in [2.45, 2.75) is 11.7 Å². The highest BCUT2D eigenvalue weighted by atomic mass is 32.2. The average molecular weight is 408 g/mol. The Morgan fingerprint density at radius 3 is 2.52 bits per heavy atom. The number of amides is 2. The largest absolute Gasteiger partial charge is 0.497 e. The normalized spacial score (nSPS) is 10.4. The Kier molecular flexibility index (Phi) is 6.80. The van der Waals surface area contributed by atoms with Gasteiger partial charge in [0.25, 0.3) is 5.91 Å². The second-order valence-corrected chi connectivity index (χ2v) is 6.91. The molecule has 0 aliphatic rings. The summed E-state index contributed by atoms with van der Waals surface area (Å²) in [6.07, 6.45) is 1.74. The molecule has 3 aromatic rings. The van der Waals surface area contributed by atoms with Gasteiger partial charge in [0, 0.05) is 17.7 Å². The smallest absolute Gasteiger partial charge is 0.257 e. The highest BCUT2D eigenvalue weighted by molar-refractivity contribution is 7.99. The number of imide groups is 1. The fourth-order valence-corrected chi connectivity index (χ4v) is 3.35. The molecule has 148 valence electrons. The Hall–Kier alpha value is -3.39. The summed E-state index contributed by atoms with van der Waals surface area (Å²) in [5.74, 6) is 0.621. The lowest BCUT2D eigenvalue weighted by Crippen LogP contribution is -2.31. The number of carbonyl (C=O) groups is 2. The minimum atomic E-state index is -0.428. The third kappa shape index (κ3) is 5.11. The molecule has 3 rings (SSSR count). The SMILES string of the molecule is C=CCn1c(SCC(=O)NC(=O)c2ccccc2)nnc1-c1ccc(OC)cc1. The van der Waals surface area contributed by atoms with Crippen LogP contribution in [0.5, 0.6) is 5.75 Å². The number of hydrogen-bond donors (Lipinski definition) is 1. The maximum absolute atomic E-state index is 12.2. The number of ether oxygens (including phenoxy) is 1. The molecule has 0 aliphatic heterocycles. The van der Waals surface area contributed by atoms with Gasteiger partial charge in [0.15, 0.2) is 11.0 Å². The van der Waals surface area contributed by atoms with Crippen molar-refractivity contribution in [2.75, 3.05) is 12.9 Å². The fourth-order valence-electron chi connectivity index (χ4n) is 2.60. The van der Waals surface area contributed by atoms with Crippen LogP contribution in [-0.4, -0.2) is 39.4 Å². The second kappa shape index (κ2) is 9.70. The second-order valence-electron chi connectivity index (χ2n) is 5.97. The van der Waals surface area contributed by atoms with Crippen LogP contribution in [0.15, 0.2) is 72.4 Å². The fraction of sp³-hybridized carbons (Fsp3) is 0.143. The summed E-state index contributed by atoms with van der Waals surface area (Å²) in [5, 5.41) is 11.4. The van der Waals surface area contributed by atoms with Crippen LogP contribution in [0.2, 0.25) is 0 Å². The van der Waals surface area contributed by atoms with Gasteiger partial charge in [-0.05, 0) is 36.4 Å². The van der Waals surface area contributed by atoms with Crippen molar-refractivity contribution in [1.29, 1.82) is 0 Å². The first kappa shape index (κ1) is 20.3. The molecule has 2 amide bonds. The molecule has 0 radical (unpaired) electrons. The van der Waals surface area contributed by atoms with Crippen molar-refractivity contribution in [1.82, 2.24) is 20.1 Å². The molecule has 8 heteroatoms. The van der Waals surface area contributed by atoms with E-state index in [0.717, 1.165) is 11.3 Å². The molecular weight excluding hydrogens is 388 g/mol. The molecule has 1 heterocycles. The van der Waals surface area contributed by atoms with Crippen LogP contribution in [0.3, 0.4) is 0 Å². The highest BCUT2D eigenvalue weighted by Gasteiger charge is 2.16. The molecule has 0 spiro atoms. The summed E-state index contributed by atoms with van der Waals surface area (Å²) in [5.41, 5.74) is 1.30. The van der Waals surface area contributed by atoms with Gasteiger partial charge in [0.05, 0.1) is 12.9 Å². The van der Waals surface area contributed by atoms with Crippen molar-refractivity contribution in [2.24, 2.45) is 0 Å². The first-order chi connectivity index (χ1) is 14.1. The molecule has 7 nitrogen and oxygen atoms in total. The first-order valence-corrected chi connectivity index (χ1v) is 9.81. The Morgan fingerprint density at radius 2 is 1.86 bits per heavy atom. The summed E-state index contributed by atoms with van der Waals surface area (Å²) in [4.78, 5) is 24.3. The third-order valence-corrected chi connectivity index (χ3v) is 4.96. The lowest BCUT2D eigenvalue weighted by atomic mass is 10.2. The zero-order chi connectivity index (χ0) is 20.6. The Balaban J connectivity index is 1.68. The molecule has 0 atom stereocenters. The van der Waals surface area contributed by atoms with Gasteiger partial charge in [0.2, 0.25) is 5.91 Å². The number of methoxy groups -OCH3 is 1. The summed E-state index contributed by atoms with van der Waals surface area (Å²) in [6, 6.07) is 16.1. The van der Waals surface area contributed by atoms with Gasteiger partial charge in [0.1, 0.15) is 5.75 Å². The van der Waals surface area contributed by atoms with E-state index in [4.69, 9.17) is 4.74 Å². The summed E-state index contributed by atoms with van der Waals surface area (Å²) in [7, 11) is 1.61. The van der Waals surface area contributed by atoms with Gasteiger partial charge >= 0.3 is 0 Å². The van der Waals surface area contributed by atoms with Crippen molar-refractivity contribution < 1.29 is 14.3 Å². The minimum Gasteiger partial charge on any atom is -0.497 e.